The lowest BCUT2D eigenvalue weighted by Crippen LogP contribution is -2.42. The van der Waals surface area contributed by atoms with Gasteiger partial charge < -0.3 is 11.1 Å². The van der Waals surface area contributed by atoms with E-state index in [1.807, 2.05) is 56.3 Å². The van der Waals surface area contributed by atoms with Gasteiger partial charge in [-0.1, -0.05) is 48.3 Å². The summed E-state index contributed by atoms with van der Waals surface area (Å²) in [5.74, 6) is -0.0184. The number of aryl methyl sites for hydroxylation is 2. The lowest BCUT2D eigenvalue weighted by molar-refractivity contribution is -0.658. The van der Waals surface area contributed by atoms with Crippen LogP contribution in [0.25, 0.3) is 16.7 Å². The predicted molar refractivity (Wildman–Crippen MR) is 116 cm³/mol. The van der Waals surface area contributed by atoms with Crippen LogP contribution in [0.5, 0.6) is 0 Å². The van der Waals surface area contributed by atoms with Crippen LogP contribution in [-0.2, 0) is 13.1 Å². The number of carbonyl (C=O) groups excluding carboxylic acids is 1. The highest BCUT2D eigenvalue weighted by Crippen LogP contribution is 2.15. The molecule has 0 aliphatic rings. The summed E-state index contributed by atoms with van der Waals surface area (Å²) in [4.78, 5) is 30.8. The quantitative estimate of drug-likeness (QED) is 0.396. The van der Waals surface area contributed by atoms with Crippen molar-refractivity contribution < 1.29 is 9.36 Å². The molecule has 0 aliphatic heterocycles. The number of hydrogen-bond donors (Lipinski definition) is 2. The van der Waals surface area contributed by atoms with E-state index < -0.39 is 0 Å². The zero-order valence-electron chi connectivity index (χ0n) is 17.1. The molecule has 0 spiro atoms. The van der Waals surface area contributed by atoms with Crippen molar-refractivity contribution >= 4 is 28.4 Å². The van der Waals surface area contributed by atoms with E-state index in [1.54, 1.807) is 16.8 Å². The summed E-state index contributed by atoms with van der Waals surface area (Å²) >= 11 is 0. The van der Waals surface area contributed by atoms with Gasteiger partial charge in [0.2, 0.25) is 11.5 Å². The van der Waals surface area contributed by atoms with E-state index in [9.17, 15) is 9.59 Å². The van der Waals surface area contributed by atoms with Crippen molar-refractivity contribution in [3.05, 3.63) is 81.8 Å². The van der Waals surface area contributed by atoms with E-state index in [2.05, 4.69) is 10.3 Å². The zero-order chi connectivity index (χ0) is 21.3. The molecule has 0 radical (unpaired) electrons. The number of nitrogens with one attached hydrogen (secondary N) is 1. The molecule has 152 valence electrons. The molecule has 0 aliphatic carbocycles. The topological polar surface area (TPSA) is 93.4 Å². The third-order valence-corrected chi connectivity index (χ3v) is 5.08. The Hall–Kier alpha value is -3.74. The van der Waals surface area contributed by atoms with Crippen molar-refractivity contribution in [3.8, 4) is 0 Å². The Morgan fingerprint density at radius 1 is 1.20 bits per heavy atom. The van der Waals surface area contributed by atoms with Gasteiger partial charge in [-0.2, -0.15) is 0 Å². The first-order chi connectivity index (χ1) is 14.5. The highest BCUT2D eigenvalue weighted by atomic mass is 16.1. The van der Waals surface area contributed by atoms with Gasteiger partial charge in [-0.25, -0.2) is 4.57 Å². The molecule has 0 unspecified atom stereocenters. The molecule has 0 saturated heterocycles. The zero-order valence-corrected chi connectivity index (χ0v) is 17.1. The first-order valence-electron chi connectivity index (χ1n) is 9.96. The molecular weight excluding hydrogens is 378 g/mol. The summed E-state index contributed by atoms with van der Waals surface area (Å²) < 4.78 is 3.27. The fraction of sp³-hybridized carbons (Fsp3) is 0.217. The fourth-order valence-corrected chi connectivity index (χ4v) is 3.56. The van der Waals surface area contributed by atoms with Gasteiger partial charge in [0.25, 0.3) is 17.1 Å². The van der Waals surface area contributed by atoms with E-state index in [4.69, 9.17) is 5.73 Å². The van der Waals surface area contributed by atoms with Crippen LogP contribution in [0.1, 0.15) is 34.8 Å². The fourth-order valence-electron chi connectivity index (χ4n) is 3.56. The van der Waals surface area contributed by atoms with Crippen molar-refractivity contribution in [2.75, 3.05) is 5.73 Å². The molecule has 3 heterocycles. The van der Waals surface area contributed by atoms with Crippen molar-refractivity contribution in [1.29, 1.82) is 0 Å². The number of anilines is 1. The maximum Gasteiger partial charge on any atom is 0.278 e. The second-order valence-electron chi connectivity index (χ2n) is 7.35. The van der Waals surface area contributed by atoms with E-state index in [0.717, 1.165) is 17.5 Å². The van der Waals surface area contributed by atoms with Gasteiger partial charge in [0.15, 0.2) is 0 Å². The van der Waals surface area contributed by atoms with E-state index >= 15 is 0 Å². The smallest absolute Gasteiger partial charge is 0.278 e. The van der Waals surface area contributed by atoms with Gasteiger partial charge in [-0.3, -0.25) is 14.0 Å². The average Bonchev–Trinajstić information content (AvgIpc) is 2.75. The lowest BCUT2D eigenvalue weighted by Gasteiger charge is -2.12. The number of pyridine rings is 2. The Balaban J connectivity index is 1.86. The number of fused-ring (bicyclic) bond motifs is 2. The first-order valence-corrected chi connectivity index (χ1v) is 9.96. The summed E-state index contributed by atoms with van der Waals surface area (Å²) in [7, 11) is 0. The van der Waals surface area contributed by atoms with Crippen molar-refractivity contribution in [3.63, 3.8) is 0 Å². The number of nitrogens with zero attached hydrogens (tertiary/aromatic N) is 3. The second kappa shape index (κ2) is 7.94. The molecule has 0 saturated carbocycles. The molecule has 3 aromatic heterocycles. The molecule has 7 heteroatoms. The molecule has 0 bridgehead atoms. The maximum absolute atomic E-state index is 13.2. The van der Waals surface area contributed by atoms with Crippen molar-refractivity contribution in [1.82, 2.24) is 14.7 Å². The van der Waals surface area contributed by atoms with E-state index in [0.29, 0.717) is 35.6 Å². The largest absolute Gasteiger partial charge is 0.348 e. The molecule has 30 heavy (non-hydrogen) atoms. The number of rotatable bonds is 5. The van der Waals surface area contributed by atoms with Crippen LogP contribution in [0, 0.1) is 6.92 Å². The Morgan fingerprint density at radius 3 is 2.70 bits per heavy atom. The number of nitrogen functional groups attached to an aromatic ring is 1. The Bertz CT molecular complexity index is 1310. The lowest BCUT2D eigenvalue weighted by atomic mass is 10.1. The minimum Gasteiger partial charge on any atom is -0.348 e. The number of aromatic nitrogens is 3. The summed E-state index contributed by atoms with van der Waals surface area (Å²) in [5, 5.41) is 3.26. The molecule has 1 aromatic carbocycles. The minimum atomic E-state index is -0.322. The van der Waals surface area contributed by atoms with Crippen LogP contribution in [0.3, 0.4) is 0 Å². The molecular formula is C23H24N5O2+. The van der Waals surface area contributed by atoms with Crippen molar-refractivity contribution in [2.24, 2.45) is 0 Å². The third-order valence-electron chi connectivity index (χ3n) is 5.08. The highest BCUT2D eigenvalue weighted by Gasteiger charge is 2.24. The number of hydrogen-bond acceptors (Lipinski definition) is 4. The molecule has 0 atom stereocenters. The molecule has 4 aromatic rings. The van der Waals surface area contributed by atoms with Crippen LogP contribution in [-0.4, -0.2) is 15.3 Å². The van der Waals surface area contributed by atoms with Crippen LogP contribution in [0.4, 0.5) is 5.82 Å². The van der Waals surface area contributed by atoms with Crippen molar-refractivity contribution in [2.45, 2.75) is 33.4 Å². The number of amides is 1. The first kappa shape index (κ1) is 19.6. The number of nitrogens with two attached hydrogens (primary N) is 1. The van der Waals surface area contributed by atoms with Gasteiger partial charge in [0, 0.05) is 12.7 Å². The normalized spacial score (nSPS) is 11.1. The summed E-state index contributed by atoms with van der Waals surface area (Å²) in [6.45, 7) is 4.85. The Kier molecular flexibility index (Phi) is 5.18. The van der Waals surface area contributed by atoms with E-state index in [1.165, 1.54) is 4.40 Å². The highest BCUT2D eigenvalue weighted by molar-refractivity contribution is 6.00. The van der Waals surface area contributed by atoms with Crippen LogP contribution in [0.15, 0.2) is 59.5 Å². The van der Waals surface area contributed by atoms with Crippen LogP contribution < -0.4 is 21.2 Å². The molecule has 0 fully saturated rings. The third kappa shape index (κ3) is 3.50. The van der Waals surface area contributed by atoms with Gasteiger partial charge in [0.1, 0.15) is 10.9 Å². The molecule has 7 nitrogen and oxygen atoms in total. The number of carbonyl (C=O) groups is 1. The Labute approximate surface area is 173 Å². The summed E-state index contributed by atoms with van der Waals surface area (Å²) in [6.07, 6.45) is 2.54. The van der Waals surface area contributed by atoms with Gasteiger partial charge in [-0.05, 0) is 36.6 Å². The Morgan fingerprint density at radius 2 is 1.97 bits per heavy atom. The minimum absolute atomic E-state index is 0.222. The predicted octanol–water partition coefficient (Wildman–Crippen LogP) is 2.37. The molecule has 3 N–H and O–H groups in total. The van der Waals surface area contributed by atoms with Gasteiger partial charge in [0.05, 0.1) is 6.54 Å². The van der Waals surface area contributed by atoms with Crippen LogP contribution >= 0.6 is 0 Å². The van der Waals surface area contributed by atoms with Gasteiger partial charge in [-0.15, -0.1) is 0 Å². The standard InChI is InChI=1S/C23H23N5O2/c1-3-11-27-20(24)17(22(29)25-13-16-7-5-4-6-8-16)12-18-21(27)26-19-10-9-15(2)14-28(19)23(18)30/h4-10,12,14,24H,3,11,13H2,1-2H3,(H,25,29)/p+1. The van der Waals surface area contributed by atoms with Gasteiger partial charge >= 0.3 is 0 Å². The van der Waals surface area contributed by atoms with E-state index in [-0.39, 0.29) is 17.0 Å². The molecule has 4 rings (SSSR count). The second-order valence-corrected chi connectivity index (χ2v) is 7.35. The summed E-state index contributed by atoms with van der Waals surface area (Å²) in [6, 6.07) is 14.9. The average molecular weight is 402 g/mol. The van der Waals surface area contributed by atoms with Crippen LogP contribution in [0.2, 0.25) is 0 Å². The SMILES string of the molecule is CCC[n+]1c(N)c(C(=O)NCc2ccccc2)cc2c(=O)n3cc(C)ccc3nc21. The maximum atomic E-state index is 13.2. The number of benzene rings is 1. The monoisotopic (exact) mass is 402 g/mol. The summed E-state index contributed by atoms with van der Waals surface area (Å²) in [5.41, 5.74) is 9.39. The molecule has 1 amide bonds.